The van der Waals surface area contributed by atoms with Gasteiger partial charge in [-0.1, -0.05) is 6.07 Å². The van der Waals surface area contributed by atoms with Crippen molar-refractivity contribution >= 4 is 27.6 Å². The molecule has 0 fully saturated rings. The molecule has 0 unspecified atom stereocenters. The first-order valence-electron chi connectivity index (χ1n) is 9.07. The van der Waals surface area contributed by atoms with Gasteiger partial charge in [0.2, 0.25) is 0 Å². The van der Waals surface area contributed by atoms with Crippen molar-refractivity contribution in [1.82, 2.24) is 0 Å². The van der Waals surface area contributed by atoms with Gasteiger partial charge in [-0.2, -0.15) is 0 Å². The predicted molar refractivity (Wildman–Crippen MR) is 108 cm³/mol. The average molecular weight is 473 g/mol. The third-order valence-corrected chi connectivity index (χ3v) is 5.47. The summed E-state index contributed by atoms with van der Waals surface area (Å²) in [5.74, 6) is -5.85. The summed E-state index contributed by atoms with van der Waals surface area (Å²) in [4.78, 5) is 22.9. The Morgan fingerprint density at radius 3 is 2.03 bits per heavy atom. The number of nitrogens with one attached hydrogen (secondary N) is 1. The van der Waals surface area contributed by atoms with Crippen molar-refractivity contribution in [2.75, 3.05) is 4.72 Å². The topological polar surface area (TPSA) is 150 Å². The van der Waals surface area contributed by atoms with Gasteiger partial charge in [0.25, 0.3) is 10.0 Å². The van der Waals surface area contributed by atoms with E-state index in [1.165, 1.54) is 20.8 Å². The number of aliphatic hydroxyl groups excluding tert-OH is 2. The SMILES string of the molecule is CC(C)(C)OC(=O)c1c(CO)c(F)c(NS(=O)(=O)c2cccc(C(=O)O)c2)c(F)c1CO. The lowest BCUT2D eigenvalue weighted by atomic mass is 9.98. The van der Waals surface area contributed by atoms with Crippen LogP contribution >= 0.6 is 0 Å². The number of esters is 1. The van der Waals surface area contributed by atoms with Gasteiger partial charge in [0.1, 0.15) is 11.3 Å². The molecule has 2 rings (SSSR count). The number of halogens is 2. The summed E-state index contributed by atoms with van der Waals surface area (Å²) >= 11 is 0. The number of aromatic carboxylic acids is 1. The molecular formula is C20H21F2NO8S. The van der Waals surface area contributed by atoms with Gasteiger partial charge in [0.05, 0.1) is 29.2 Å². The fourth-order valence-corrected chi connectivity index (χ4v) is 3.86. The normalized spacial score (nSPS) is 11.8. The third kappa shape index (κ3) is 5.21. The van der Waals surface area contributed by atoms with Crippen molar-refractivity contribution in [3.05, 3.63) is 58.2 Å². The van der Waals surface area contributed by atoms with Gasteiger partial charge in [-0.25, -0.2) is 26.8 Å². The Balaban J connectivity index is 2.67. The van der Waals surface area contributed by atoms with Crippen LogP contribution in [0.2, 0.25) is 0 Å². The van der Waals surface area contributed by atoms with Gasteiger partial charge >= 0.3 is 11.9 Å². The van der Waals surface area contributed by atoms with E-state index >= 15 is 8.78 Å². The van der Waals surface area contributed by atoms with E-state index in [1.54, 1.807) is 4.72 Å². The predicted octanol–water partition coefficient (Wildman–Crippen LogP) is 2.40. The highest BCUT2D eigenvalue weighted by Crippen LogP contribution is 2.33. The summed E-state index contributed by atoms with van der Waals surface area (Å²) in [7, 11) is -4.70. The number of rotatable bonds is 7. The lowest BCUT2D eigenvalue weighted by Gasteiger charge is -2.23. The summed E-state index contributed by atoms with van der Waals surface area (Å²) in [6.45, 7) is 2.18. The molecule has 0 spiro atoms. The molecule has 0 saturated carbocycles. The minimum absolute atomic E-state index is 0.388. The van der Waals surface area contributed by atoms with Crippen molar-refractivity contribution in [3.8, 4) is 0 Å². The number of carbonyl (C=O) groups is 2. The van der Waals surface area contributed by atoms with Crippen molar-refractivity contribution in [3.63, 3.8) is 0 Å². The lowest BCUT2D eigenvalue weighted by molar-refractivity contribution is 0.00616. The molecule has 0 aliphatic rings. The molecule has 9 nitrogen and oxygen atoms in total. The Kier molecular flexibility index (Phi) is 7.23. The minimum atomic E-state index is -4.70. The van der Waals surface area contributed by atoms with E-state index in [9.17, 15) is 28.2 Å². The fourth-order valence-electron chi connectivity index (χ4n) is 2.75. The van der Waals surface area contributed by atoms with Crippen LogP contribution in [-0.2, 0) is 28.0 Å². The van der Waals surface area contributed by atoms with Crippen LogP contribution in [0.1, 0.15) is 52.6 Å². The zero-order valence-corrected chi connectivity index (χ0v) is 18.1. The van der Waals surface area contributed by atoms with Gasteiger partial charge in [0, 0.05) is 11.1 Å². The van der Waals surface area contributed by atoms with Crippen molar-refractivity contribution < 1.29 is 46.8 Å². The summed E-state index contributed by atoms with van der Waals surface area (Å²) in [6.07, 6.45) is 0. The Hall–Kier alpha value is -3.09. The number of carboxylic acid groups (broad SMARTS) is 1. The molecule has 0 aliphatic carbocycles. The van der Waals surface area contributed by atoms with Crippen LogP contribution in [-0.4, -0.2) is 41.3 Å². The zero-order chi connectivity index (χ0) is 24.4. The van der Waals surface area contributed by atoms with E-state index in [0.29, 0.717) is 0 Å². The number of sulfonamides is 1. The first-order valence-corrected chi connectivity index (χ1v) is 10.6. The van der Waals surface area contributed by atoms with E-state index in [4.69, 9.17) is 9.84 Å². The highest BCUT2D eigenvalue weighted by atomic mass is 32.2. The molecule has 12 heteroatoms. The molecule has 0 heterocycles. The van der Waals surface area contributed by atoms with E-state index < -0.39 is 79.7 Å². The van der Waals surface area contributed by atoms with Gasteiger partial charge in [-0.3, -0.25) is 4.72 Å². The Morgan fingerprint density at radius 1 is 1.06 bits per heavy atom. The quantitative estimate of drug-likeness (QED) is 0.448. The molecule has 0 radical (unpaired) electrons. The average Bonchev–Trinajstić information content (AvgIpc) is 2.69. The maximum Gasteiger partial charge on any atom is 0.339 e. The molecule has 0 saturated heterocycles. The molecule has 2 aromatic carbocycles. The Morgan fingerprint density at radius 2 is 1.59 bits per heavy atom. The highest BCUT2D eigenvalue weighted by Gasteiger charge is 2.32. The van der Waals surface area contributed by atoms with E-state index in [2.05, 4.69) is 0 Å². The summed E-state index contributed by atoms with van der Waals surface area (Å²) in [5.41, 5.74) is -5.06. The summed E-state index contributed by atoms with van der Waals surface area (Å²) < 4.78 is 62.1. The van der Waals surface area contributed by atoms with Gasteiger partial charge in [0.15, 0.2) is 11.6 Å². The number of anilines is 1. The van der Waals surface area contributed by atoms with Crippen molar-refractivity contribution in [1.29, 1.82) is 0 Å². The summed E-state index contributed by atoms with van der Waals surface area (Å²) in [6, 6.07) is 4.01. The molecule has 2 aromatic rings. The molecule has 0 atom stereocenters. The molecule has 174 valence electrons. The van der Waals surface area contributed by atoms with Gasteiger partial charge < -0.3 is 20.1 Å². The van der Waals surface area contributed by atoms with Crippen molar-refractivity contribution in [2.45, 2.75) is 44.5 Å². The smallest absolute Gasteiger partial charge is 0.339 e. The minimum Gasteiger partial charge on any atom is -0.478 e. The lowest BCUT2D eigenvalue weighted by Crippen LogP contribution is -2.27. The van der Waals surface area contributed by atoms with Gasteiger partial charge in [-0.05, 0) is 39.0 Å². The fraction of sp³-hybridized carbons (Fsp3) is 0.300. The standard InChI is InChI=1S/C20H21F2NO8S/c1-20(2,3)31-19(28)14-12(8-24)15(21)17(16(22)13(14)9-25)23-32(29,30)11-6-4-5-10(7-11)18(26)27/h4-7,23-25H,8-9H2,1-3H3,(H,26,27). The number of carbonyl (C=O) groups excluding carboxylic acids is 1. The maximum atomic E-state index is 15.0. The number of hydrogen-bond donors (Lipinski definition) is 4. The number of hydrogen-bond acceptors (Lipinski definition) is 7. The van der Waals surface area contributed by atoms with Crippen LogP contribution in [0.5, 0.6) is 0 Å². The van der Waals surface area contributed by atoms with E-state index in [-0.39, 0.29) is 5.56 Å². The molecule has 0 amide bonds. The Bertz CT molecular complexity index is 1140. The molecule has 0 aliphatic heterocycles. The highest BCUT2D eigenvalue weighted by molar-refractivity contribution is 7.92. The largest absolute Gasteiger partial charge is 0.478 e. The first-order chi connectivity index (χ1) is 14.7. The maximum absolute atomic E-state index is 15.0. The Labute approximate surface area is 182 Å². The van der Waals surface area contributed by atoms with Crippen LogP contribution in [0.4, 0.5) is 14.5 Å². The number of benzene rings is 2. The molecule has 32 heavy (non-hydrogen) atoms. The van der Waals surface area contributed by atoms with Gasteiger partial charge in [-0.15, -0.1) is 0 Å². The number of ether oxygens (including phenoxy) is 1. The van der Waals surface area contributed by atoms with Crippen LogP contribution in [0.15, 0.2) is 29.2 Å². The second kappa shape index (κ2) is 9.18. The second-order valence-corrected chi connectivity index (χ2v) is 9.27. The van der Waals surface area contributed by atoms with Crippen LogP contribution in [0.3, 0.4) is 0 Å². The second-order valence-electron chi connectivity index (χ2n) is 7.59. The molecule has 4 N–H and O–H groups in total. The first kappa shape index (κ1) is 25.2. The molecular weight excluding hydrogens is 452 g/mol. The summed E-state index contributed by atoms with van der Waals surface area (Å²) in [5, 5.41) is 28.2. The van der Waals surface area contributed by atoms with Crippen LogP contribution in [0, 0.1) is 11.6 Å². The zero-order valence-electron chi connectivity index (χ0n) is 17.3. The molecule has 0 aromatic heterocycles. The van der Waals surface area contributed by atoms with Crippen molar-refractivity contribution in [2.24, 2.45) is 0 Å². The van der Waals surface area contributed by atoms with E-state index in [0.717, 1.165) is 24.3 Å². The third-order valence-electron chi connectivity index (χ3n) is 4.12. The van der Waals surface area contributed by atoms with Crippen LogP contribution in [0.25, 0.3) is 0 Å². The number of aliphatic hydroxyl groups is 2. The van der Waals surface area contributed by atoms with Crippen LogP contribution < -0.4 is 4.72 Å². The van der Waals surface area contributed by atoms with E-state index in [1.807, 2.05) is 0 Å². The monoisotopic (exact) mass is 473 g/mol. The number of carboxylic acids is 1. The molecule has 0 bridgehead atoms.